The van der Waals surface area contributed by atoms with Crippen molar-refractivity contribution in [1.29, 1.82) is 0 Å². The first kappa shape index (κ1) is 25.2. The zero-order valence-electron chi connectivity index (χ0n) is 20.1. The second-order valence-electron chi connectivity index (χ2n) is 9.34. The first-order valence-corrected chi connectivity index (χ1v) is 13.7. The second-order valence-corrected chi connectivity index (χ2v) is 10.8. The van der Waals surface area contributed by atoms with Gasteiger partial charge in [0.1, 0.15) is 6.10 Å². The lowest BCUT2D eigenvalue weighted by atomic mass is 10.0. The van der Waals surface area contributed by atoms with E-state index in [1.165, 1.54) is 22.0 Å². The monoisotopic (exact) mass is 531 g/mol. The van der Waals surface area contributed by atoms with Crippen LogP contribution < -0.4 is 10.6 Å². The SMILES string of the molecule is CCCSc1nc(NC2CC2c2cccc(Cl)c2)c2nnn(C3CC(C(=O)NCC)C(O)C3O)c2n1. The summed E-state index contributed by atoms with van der Waals surface area (Å²) in [4.78, 5) is 21.9. The number of amides is 1. The van der Waals surface area contributed by atoms with Crippen molar-refractivity contribution in [2.24, 2.45) is 5.92 Å². The Morgan fingerprint density at radius 3 is 2.81 bits per heavy atom. The molecule has 2 aliphatic rings. The number of aromatic nitrogens is 5. The summed E-state index contributed by atoms with van der Waals surface area (Å²) in [7, 11) is 0. The highest BCUT2D eigenvalue weighted by atomic mass is 35.5. The van der Waals surface area contributed by atoms with E-state index in [2.05, 4.69) is 33.9 Å². The van der Waals surface area contributed by atoms with E-state index in [4.69, 9.17) is 21.6 Å². The molecule has 6 unspecified atom stereocenters. The summed E-state index contributed by atoms with van der Waals surface area (Å²) in [6.45, 7) is 4.36. The number of nitrogens with one attached hydrogen (secondary N) is 2. The predicted molar refractivity (Wildman–Crippen MR) is 138 cm³/mol. The fraction of sp³-hybridized carbons (Fsp3) is 0.542. The molecule has 0 radical (unpaired) electrons. The molecule has 12 heteroatoms. The van der Waals surface area contributed by atoms with Gasteiger partial charge in [0, 0.05) is 29.3 Å². The maximum absolute atomic E-state index is 12.4. The van der Waals surface area contributed by atoms with E-state index in [1.807, 2.05) is 25.1 Å². The van der Waals surface area contributed by atoms with Crippen molar-refractivity contribution < 1.29 is 15.0 Å². The number of carbonyl (C=O) groups is 1. The normalized spacial score (nSPS) is 27.4. The van der Waals surface area contributed by atoms with Gasteiger partial charge in [-0.1, -0.05) is 47.6 Å². The van der Waals surface area contributed by atoms with E-state index >= 15 is 0 Å². The maximum atomic E-state index is 12.4. The molecule has 1 aromatic carbocycles. The molecule has 2 saturated carbocycles. The molecule has 2 aromatic heterocycles. The Morgan fingerprint density at radius 1 is 1.22 bits per heavy atom. The summed E-state index contributed by atoms with van der Waals surface area (Å²) >= 11 is 7.72. The highest BCUT2D eigenvalue weighted by Gasteiger charge is 2.47. The number of carbonyl (C=O) groups excluding carboxylic acids is 1. The van der Waals surface area contributed by atoms with Crippen LogP contribution in [-0.2, 0) is 4.79 Å². The number of benzene rings is 1. The molecule has 0 saturated heterocycles. The second kappa shape index (κ2) is 10.5. The minimum Gasteiger partial charge on any atom is -0.390 e. The number of rotatable bonds is 9. The fourth-order valence-corrected chi connectivity index (χ4v) is 5.74. The van der Waals surface area contributed by atoms with Gasteiger partial charge >= 0.3 is 0 Å². The van der Waals surface area contributed by atoms with Crippen molar-refractivity contribution in [3.05, 3.63) is 34.9 Å². The summed E-state index contributed by atoms with van der Waals surface area (Å²) in [5.41, 5.74) is 2.14. The number of aliphatic hydroxyl groups is 2. The van der Waals surface area contributed by atoms with Gasteiger partial charge in [0.05, 0.1) is 18.1 Å². The number of nitrogens with zero attached hydrogens (tertiary/aromatic N) is 5. The topological polar surface area (TPSA) is 138 Å². The zero-order valence-corrected chi connectivity index (χ0v) is 21.7. The summed E-state index contributed by atoms with van der Waals surface area (Å²) in [6.07, 6.45) is -0.224. The molecule has 0 aliphatic heterocycles. The predicted octanol–water partition coefficient (Wildman–Crippen LogP) is 2.76. The molecular formula is C24H30ClN7O3S. The Hall–Kier alpha value is -2.47. The third-order valence-corrected chi connectivity index (χ3v) is 8.07. The van der Waals surface area contributed by atoms with E-state index in [0.29, 0.717) is 39.6 Å². The smallest absolute Gasteiger partial charge is 0.225 e. The lowest BCUT2D eigenvalue weighted by Crippen LogP contribution is -2.38. The van der Waals surface area contributed by atoms with Crippen LogP contribution in [0.25, 0.3) is 11.2 Å². The van der Waals surface area contributed by atoms with Gasteiger partial charge in [-0.05, 0) is 43.9 Å². The van der Waals surface area contributed by atoms with E-state index in [9.17, 15) is 15.0 Å². The molecule has 36 heavy (non-hydrogen) atoms. The minimum absolute atomic E-state index is 0.178. The average molecular weight is 532 g/mol. The van der Waals surface area contributed by atoms with Gasteiger partial charge in [-0.25, -0.2) is 14.6 Å². The molecule has 2 heterocycles. The fourth-order valence-electron chi connectivity index (χ4n) is 4.84. The van der Waals surface area contributed by atoms with Crippen LogP contribution in [0.1, 0.15) is 50.6 Å². The van der Waals surface area contributed by atoms with Crippen LogP contribution in [0.3, 0.4) is 0 Å². The van der Waals surface area contributed by atoms with Crippen molar-refractivity contribution in [2.75, 3.05) is 17.6 Å². The van der Waals surface area contributed by atoms with E-state index < -0.39 is 24.2 Å². The van der Waals surface area contributed by atoms with Crippen LogP contribution in [0.5, 0.6) is 0 Å². The Kier molecular flexibility index (Phi) is 7.34. The van der Waals surface area contributed by atoms with Crippen LogP contribution in [0, 0.1) is 5.92 Å². The molecule has 4 N–H and O–H groups in total. The number of halogens is 1. The number of aliphatic hydroxyl groups excluding tert-OH is 2. The van der Waals surface area contributed by atoms with Crippen LogP contribution in [-0.4, -0.2) is 71.6 Å². The number of thioether (sulfide) groups is 1. The molecule has 3 aromatic rings. The van der Waals surface area contributed by atoms with Crippen molar-refractivity contribution in [2.45, 2.75) is 68.5 Å². The third kappa shape index (κ3) is 4.89. The molecule has 0 spiro atoms. The van der Waals surface area contributed by atoms with Crippen LogP contribution in [0.4, 0.5) is 5.82 Å². The van der Waals surface area contributed by atoms with Gasteiger partial charge < -0.3 is 20.8 Å². The first-order valence-electron chi connectivity index (χ1n) is 12.3. The molecule has 6 atom stereocenters. The van der Waals surface area contributed by atoms with Crippen molar-refractivity contribution in [1.82, 2.24) is 30.3 Å². The third-order valence-electron chi connectivity index (χ3n) is 6.78. The first-order chi connectivity index (χ1) is 17.4. The van der Waals surface area contributed by atoms with Gasteiger partial charge in [0.15, 0.2) is 22.1 Å². The van der Waals surface area contributed by atoms with Crippen LogP contribution >= 0.6 is 23.4 Å². The minimum atomic E-state index is -1.20. The van der Waals surface area contributed by atoms with E-state index in [0.717, 1.165) is 18.6 Å². The van der Waals surface area contributed by atoms with Crippen molar-refractivity contribution in [3.63, 3.8) is 0 Å². The average Bonchev–Trinajstić information content (AvgIpc) is 3.40. The Bertz CT molecular complexity index is 1260. The lowest BCUT2D eigenvalue weighted by molar-refractivity contribution is -0.128. The summed E-state index contributed by atoms with van der Waals surface area (Å²) in [5, 5.41) is 37.6. The highest BCUT2D eigenvalue weighted by molar-refractivity contribution is 7.99. The Balaban J connectivity index is 1.44. The summed E-state index contributed by atoms with van der Waals surface area (Å²) in [6, 6.07) is 7.42. The lowest BCUT2D eigenvalue weighted by Gasteiger charge is -2.17. The quantitative estimate of drug-likeness (QED) is 0.242. The van der Waals surface area contributed by atoms with Crippen molar-refractivity contribution >= 4 is 46.3 Å². The standard InChI is InChI=1S/C24H30ClN7O3S/c1-3-8-36-24-28-21(27-16-10-14(16)12-6-5-7-13(25)9-12)18-22(29-24)32(31-30-18)17-11-15(19(33)20(17)34)23(35)26-4-2/h5-7,9,14-17,19-20,33-34H,3-4,8,10-11H2,1-2H3,(H,26,35)(H,27,28,29). The summed E-state index contributed by atoms with van der Waals surface area (Å²) in [5.74, 6) is 0.744. The molecular weight excluding hydrogens is 502 g/mol. The van der Waals surface area contributed by atoms with Gasteiger partial charge in [-0.2, -0.15) is 0 Å². The number of hydrogen-bond acceptors (Lipinski definition) is 9. The maximum Gasteiger partial charge on any atom is 0.225 e. The van der Waals surface area contributed by atoms with Gasteiger partial charge in [-0.3, -0.25) is 4.79 Å². The van der Waals surface area contributed by atoms with Crippen LogP contribution in [0.15, 0.2) is 29.4 Å². The number of fused-ring (bicyclic) bond motifs is 1. The zero-order chi connectivity index (χ0) is 25.4. The van der Waals surface area contributed by atoms with E-state index in [1.54, 1.807) is 0 Å². The molecule has 0 bridgehead atoms. The van der Waals surface area contributed by atoms with Gasteiger partial charge in [0.25, 0.3) is 0 Å². The van der Waals surface area contributed by atoms with E-state index in [-0.39, 0.29) is 18.4 Å². The highest BCUT2D eigenvalue weighted by Crippen LogP contribution is 2.44. The Labute approximate surface area is 218 Å². The Morgan fingerprint density at radius 2 is 2.06 bits per heavy atom. The molecule has 2 fully saturated rings. The molecule has 1 amide bonds. The van der Waals surface area contributed by atoms with Crippen LogP contribution in [0.2, 0.25) is 5.02 Å². The number of anilines is 1. The molecule has 5 rings (SSSR count). The molecule has 2 aliphatic carbocycles. The van der Waals surface area contributed by atoms with Gasteiger partial charge in [-0.15, -0.1) is 5.10 Å². The number of hydrogen-bond donors (Lipinski definition) is 4. The summed E-state index contributed by atoms with van der Waals surface area (Å²) < 4.78 is 1.53. The molecule has 10 nitrogen and oxygen atoms in total. The molecule has 192 valence electrons. The largest absolute Gasteiger partial charge is 0.390 e. The van der Waals surface area contributed by atoms with Crippen molar-refractivity contribution in [3.8, 4) is 0 Å². The van der Waals surface area contributed by atoms with Gasteiger partial charge in [0.2, 0.25) is 5.91 Å².